The first kappa shape index (κ1) is 16.0. The minimum Gasteiger partial charge on any atom is -0.473 e. The van der Waals surface area contributed by atoms with Gasteiger partial charge in [-0.05, 0) is 44.0 Å². The van der Waals surface area contributed by atoms with Crippen molar-refractivity contribution in [1.82, 2.24) is 9.88 Å². The van der Waals surface area contributed by atoms with Crippen LogP contribution in [-0.4, -0.2) is 23.0 Å². The Balaban J connectivity index is 1.72. The first-order valence-corrected chi connectivity index (χ1v) is 8.74. The summed E-state index contributed by atoms with van der Waals surface area (Å²) in [7, 11) is 0. The van der Waals surface area contributed by atoms with E-state index in [9.17, 15) is 0 Å². The number of hydrogen-bond acceptors (Lipinski definition) is 3. The van der Waals surface area contributed by atoms with E-state index in [1.54, 1.807) is 0 Å². The summed E-state index contributed by atoms with van der Waals surface area (Å²) in [5, 5.41) is 0. The summed E-state index contributed by atoms with van der Waals surface area (Å²) in [5.74, 6) is 0.796. The van der Waals surface area contributed by atoms with Crippen LogP contribution in [0.2, 0.25) is 0 Å². The van der Waals surface area contributed by atoms with E-state index < -0.39 is 0 Å². The number of aromatic nitrogens is 1. The minimum absolute atomic E-state index is 0.459. The second-order valence-electron chi connectivity index (χ2n) is 6.22. The lowest BCUT2D eigenvalue weighted by molar-refractivity contribution is 0.236. The normalized spacial score (nSPS) is 18.2. The highest BCUT2D eigenvalue weighted by Crippen LogP contribution is 2.36. The van der Waals surface area contributed by atoms with Gasteiger partial charge >= 0.3 is 0 Å². The summed E-state index contributed by atoms with van der Waals surface area (Å²) < 4.78 is 6.05. The van der Waals surface area contributed by atoms with Gasteiger partial charge in [-0.15, -0.1) is 0 Å². The predicted octanol–water partition coefficient (Wildman–Crippen LogP) is 4.60. The summed E-state index contributed by atoms with van der Waals surface area (Å²) in [4.78, 5) is 7.10. The van der Waals surface area contributed by atoms with Gasteiger partial charge in [-0.25, -0.2) is 4.98 Å². The number of hydrogen-bond donors (Lipinski definition) is 0. The number of unbranched alkanes of at least 4 members (excludes halogenated alkanes) is 1. The Morgan fingerprint density at radius 3 is 2.87 bits per heavy atom. The summed E-state index contributed by atoms with van der Waals surface area (Å²) >= 11 is 0. The Labute approximate surface area is 139 Å². The van der Waals surface area contributed by atoms with Crippen molar-refractivity contribution in [2.75, 3.05) is 13.1 Å². The van der Waals surface area contributed by atoms with E-state index in [2.05, 4.69) is 35.0 Å². The SMILES string of the molecule is CCCCN1CCCC1c1cccnc1OCc1ccccc1. The van der Waals surface area contributed by atoms with E-state index in [1.807, 2.05) is 30.5 Å². The second-order valence-corrected chi connectivity index (χ2v) is 6.22. The Morgan fingerprint density at radius 1 is 1.17 bits per heavy atom. The molecule has 1 aliphatic heterocycles. The van der Waals surface area contributed by atoms with Crippen molar-refractivity contribution >= 4 is 0 Å². The first-order valence-electron chi connectivity index (χ1n) is 8.74. The third-order valence-corrected chi connectivity index (χ3v) is 4.54. The molecule has 0 spiro atoms. The zero-order valence-electron chi connectivity index (χ0n) is 13.9. The van der Waals surface area contributed by atoms with Gasteiger partial charge in [0.1, 0.15) is 6.61 Å². The summed E-state index contributed by atoms with van der Waals surface area (Å²) in [5.41, 5.74) is 2.43. The summed E-state index contributed by atoms with van der Waals surface area (Å²) in [6, 6.07) is 15.0. The number of likely N-dealkylation sites (tertiary alicyclic amines) is 1. The highest BCUT2D eigenvalue weighted by atomic mass is 16.5. The van der Waals surface area contributed by atoms with Crippen molar-refractivity contribution in [1.29, 1.82) is 0 Å². The summed E-state index contributed by atoms with van der Waals surface area (Å²) in [6.07, 6.45) is 6.80. The largest absolute Gasteiger partial charge is 0.473 e. The molecule has 1 atom stereocenters. The second kappa shape index (κ2) is 8.11. The first-order chi connectivity index (χ1) is 11.4. The van der Waals surface area contributed by atoms with E-state index in [-0.39, 0.29) is 0 Å². The van der Waals surface area contributed by atoms with Crippen molar-refractivity contribution in [3.8, 4) is 5.88 Å². The van der Waals surface area contributed by atoms with Gasteiger partial charge in [0.2, 0.25) is 5.88 Å². The molecule has 0 radical (unpaired) electrons. The quantitative estimate of drug-likeness (QED) is 0.747. The third-order valence-electron chi connectivity index (χ3n) is 4.54. The Morgan fingerprint density at radius 2 is 2.04 bits per heavy atom. The average molecular weight is 310 g/mol. The average Bonchev–Trinajstić information content (AvgIpc) is 3.07. The number of nitrogens with zero attached hydrogens (tertiary/aromatic N) is 2. The zero-order chi connectivity index (χ0) is 15.9. The molecule has 1 saturated heterocycles. The molecule has 0 amide bonds. The van der Waals surface area contributed by atoms with Crippen LogP contribution in [0, 0.1) is 0 Å². The molecule has 0 aliphatic carbocycles. The fourth-order valence-electron chi connectivity index (χ4n) is 3.31. The molecule has 0 bridgehead atoms. The topological polar surface area (TPSA) is 25.4 Å². The van der Waals surface area contributed by atoms with Crippen molar-refractivity contribution < 1.29 is 4.74 Å². The maximum atomic E-state index is 6.05. The van der Waals surface area contributed by atoms with Crippen LogP contribution >= 0.6 is 0 Å². The molecule has 1 aromatic heterocycles. The molecule has 3 heteroatoms. The predicted molar refractivity (Wildman–Crippen MR) is 93.5 cm³/mol. The highest BCUT2D eigenvalue weighted by Gasteiger charge is 2.28. The summed E-state index contributed by atoms with van der Waals surface area (Å²) in [6.45, 7) is 5.20. The van der Waals surface area contributed by atoms with Crippen LogP contribution in [0.25, 0.3) is 0 Å². The van der Waals surface area contributed by atoms with E-state index >= 15 is 0 Å². The van der Waals surface area contributed by atoms with Gasteiger partial charge < -0.3 is 4.74 Å². The van der Waals surface area contributed by atoms with Crippen LogP contribution in [0.4, 0.5) is 0 Å². The lowest BCUT2D eigenvalue weighted by Gasteiger charge is -2.25. The Bertz CT molecular complexity index is 600. The molecule has 2 aromatic rings. The standard InChI is InChI=1S/C20H26N2O/c1-2-3-14-22-15-8-12-19(22)18-11-7-13-21-20(18)23-16-17-9-5-4-6-10-17/h4-7,9-11,13,19H,2-3,8,12,14-16H2,1H3. The lowest BCUT2D eigenvalue weighted by atomic mass is 10.1. The molecule has 3 rings (SSSR count). The Hall–Kier alpha value is -1.87. The van der Waals surface area contributed by atoms with Crippen molar-refractivity contribution in [2.45, 2.75) is 45.3 Å². The van der Waals surface area contributed by atoms with Gasteiger partial charge in [0.05, 0.1) is 0 Å². The Kier molecular flexibility index (Phi) is 5.65. The van der Waals surface area contributed by atoms with Crippen LogP contribution in [0.5, 0.6) is 5.88 Å². The van der Waals surface area contributed by atoms with Crippen molar-refractivity contribution in [3.63, 3.8) is 0 Å². The van der Waals surface area contributed by atoms with Gasteiger partial charge in [-0.1, -0.05) is 49.7 Å². The van der Waals surface area contributed by atoms with Crippen molar-refractivity contribution in [3.05, 3.63) is 59.8 Å². The maximum absolute atomic E-state index is 6.05. The molecule has 1 aromatic carbocycles. The van der Waals surface area contributed by atoms with E-state index in [4.69, 9.17) is 4.74 Å². The zero-order valence-corrected chi connectivity index (χ0v) is 13.9. The van der Waals surface area contributed by atoms with Gasteiger partial charge in [-0.3, -0.25) is 4.90 Å². The molecule has 0 N–H and O–H groups in total. The number of benzene rings is 1. The maximum Gasteiger partial charge on any atom is 0.218 e. The third kappa shape index (κ3) is 4.11. The fourth-order valence-corrected chi connectivity index (χ4v) is 3.31. The molecule has 1 aliphatic rings. The molecule has 122 valence electrons. The molecule has 0 saturated carbocycles. The van der Waals surface area contributed by atoms with E-state index in [0.717, 1.165) is 5.88 Å². The molecule has 23 heavy (non-hydrogen) atoms. The van der Waals surface area contributed by atoms with Crippen LogP contribution in [0.3, 0.4) is 0 Å². The number of ether oxygens (including phenoxy) is 1. The number of pyridine rings is 1. The molecule has 3 nitrogen and oxygen atoms in total. The number of rotatable bonds is 7. The van der Waals surface area contributed by atoms with Crippen LogP contribution in [0.1, 0.15) is 49.8 Å². The van der Waals surface area contributed by atoms with Gasteiger partial charge in [0.25, 0.3) is 0 Å². The lowest BCUT2D eigenvalue weighted by Crippen LogP contribution is -2.25. The monoisotopic (exact) mass is 310 g/mol. The van der Waals surface area contributed by atoms with Crippen molar-refractivity contribution in [2.24, 2.45) is 0 Å². The minimum atomic E-state index is 0.459. The van der Waals surface area contributed by atoms with Gasteiger partial charge in [0, 0.05) is 17.8 Å². The van der Waals surface area contributed by atoms with Crippen LogP contribution in [0.15, 0.2) is 48.7 Å². The molecule has 2 heterocycles. The molecular formula is C20H26N2O. The van der Waals surface area contributed by atoms with E-state index in [0.29, 0.717) is 12.6 Å². The van der Waals surface area contributed by atoms with Gasteiger partial charge in [0.15, 0.2) is 0 Å². The smallest absolute Gasteiger partial charge is 0.218 e. The molecular weight excluding hydrogens is 284 g/mol. The van der Waals surface area contributed by atoms with Crippen LogP contribution in [-0.2, 0) is 6.61 Å². The van der Waals surface area contributed by atoms with E-state index in [1.165, 1.54) is 49.9 Å². The molecule has 1 fully saturated rings. The fraction of sp³-hybridized carbons (Fsp3) is 0.450. The van der Waals surface area contributed by atoms with Gasteiger partial charge in [-0.2, -0.15) is 0 Å². The highest BCUT2D eigenvalue weighted by molar-refractivity contribution is 5.30. The molecule has 1 unspecified atom stereocenters. The van der Waals surface area contributed by atoms with Crippen LogP contribution < -0.4 is 4.74 Å².